The van der Waals surface area contributed by atoms with Gasteiger partial charge in [0, 0.05) is 6.54 Å². The number of aromatic nitrogens is 2. The fourth-order valence-electron chi connectivity index (χ4n) is 1.79. The third kappa shape index (κ3) is 1.78. The van der Waals surface area contributed by atoms with Crippen molar-refractivity contribution in [2.45, 2.75) is 20.4 Å². The SMILES string of the molecule is CC(C)Cn1c(=O)[nH]c(=O)c2ccccc21. The summed E-state index contributed by atoms with van der Waals surface area (Å²) in [5.74, 6) is 0.354. The molecule has 0 saturated carbocycles. The molecule has 0 aliphatic carbocycles. The predicted octanol–water partition coefficient (Wildman–Crippen LogP) is 1.35. The summed E-state index contributed by atoms with van der Waals surface area (Å²) in [6, 6.07) is 7.15. The number of rotatable bonds is 2. The van der Waals surface area contributed by atoms with E-state index in [-0.39, 0.29) is 11.2 Å². The van der Waals surface area contributed by atoms with Crippen LogP contribution >= 0.6 is 0 Å². The van der Waals surface area contributed by atoms with Crippen LogP contribution in [0.4, 0.5) is 0 Å². The second kappa shape index (κ2) is 3.96. The lowest BCUT2D eigenvalue weighted by atomic mass is 10.2. The van der Waals surface area contributed by atoms with Crippen molar-refractivity contribution in [3.8, 4) is 0 Å². The molecule has 1 aromatic carbocycles. The molecule has 0 aliphatic heterocycles. The number of aromatic amines is 1. The van der Waals surface area contributed by atoms with Crippen molar-refractivity contribution in [2.24, 2.45) is 5.92 Å². The molecule has 0 unspecified atom stereocenters. The summed E-state index contributed by atoms with van der Waals surface area (Å²) in [5, 5.41) is 0.558. The first kappa shape index (κ1) is 10.7. The van der Waals surface area contributed by atoms with Gasteiger partial charge in [-0.25, -0.2) is 4.79 Å². The first-order valence-electron chi connectivity index (χ1n) is 5.31. The van der Waals surface area contributed by atoms with Crippen molar-refractivity contribution in [1.29, 1.82) is 0 Å². The van der Waals surface area contributed by atoms with E-state index in [1.54, 1.807) is 22.8 Å². The molecule has 4 heteroatoms. The quantitative estimate of drug-likeness (QED) is 0.827. The Bertz CT molecular complexity index is 623. The molecule has 0 spiro atoms. The molecule has 1 N–H and O–H groups in total. The van der Waals surface area contributed by atoms with E-state index in [0.717, 1.165) is 0 Å². The normalized spacial score (nSPS) is 11.2. The Morgan fingerprint density at radius 2 is 1.94 bits per heavy atom. The Kier molecular flexibility index (Phi) is 2.64. The lowest BCUT2D eigenvalue weighted by molar-refractivity contribution is 0.516. The highest BCUT2D eigenvalue weighted by Crippen LogP contribution is 2.08. The van der Waals surface area contributed by atoms with E-state index in [1.165, 1.54) is 0 Å². The summed E-state index contributed by atoms with van der Waals surface area (Å²) < 4.78 is 1.61. The molecule has 84 valence electrons. The molecule has 1 heterocycles. The van der Waals surface area contributed by atoms with E-state index in [0.29, 0.717) is 23.4 Å². The molecule has 0 saturated heterocycles. The van der Waals surface area contributed by atoms with Crippen LogP contribution in [0.5, 0.6) is 0 Å². The van der Waals surface area contributed by atoms with Crippen LogP contribution in [0.3, 0.4) is 0 Å². The van der Waals surface area contributed by atoms with Crippen molar-refractivity contribution in [1.82, 2.24) is 9.55 Å². The fraction of sp³-hybridized carbons (Fsp3) is 0.333. The molecule has 0 bridgehead atoms. The second-order valence-electron chi connectivity index (χ2n) is 4.28. The van der Waals surface area contributed by atoms with E-state index in [9.17, 15) is 9.59 Å². The number of nitrogens with one attached hydrogen (secondary N) is 1. The molecule has 0 aliphatic rings. The van der Waals surface area contributed by atoms with E-state index >= 15 is 0 Å². The summed E-state index contributed by atoms with van der Waals surface area (Å²) in [5.41, 5.74) is 0.0444. The molecule has 2 rings (SSSR count). The number of hydrogen-bond acceptors (Lipinski definition) is 2. The maximum absolute atomic E-state index is 11.7. The average Bonchev–Trinajstić information content (AvgIpc) is 2.24. The standard InChI is InChI=1S/C12H14N2O2/c1-8(2)7-14-10-6-4-3-5-9(10)11(15)13-12(14)16/h3-6,8H,7H2,1-2H3,(H,13,15,16). The van der Waals surface area contributed by atoms with Crippen molar-refractivity contribution in [2.75, 3.05) is 0 Å². The van der Waals surface area contributed by atoms with Crippen LogP contribution in [-0.4, -0.2) is 9.55 Å². The smallest absolute Gasteiger partial charge is 0.293 e. The first-order chi connectivity index (χ1) is 7.59. The molecule has 4 nitrogen and oxygen atoms in total. The zero-order chi connectivity index (χ0) is 11.7. The molecule has 2 aromatic rings. The van der Waals surface area contributed by atoms with Crippen LogP contribution in [0.2, 0.25) is 0 Å². The minimum absolute atomic E-state index is 0.319. The van der Waals surface area contributed by atoms with Gasteiger partial charge in [0.2, 0.25) is 0 Å². The molecule has 1 aromatic heterocycles. The lowest BCUT2D eigenvalue weighted by Crippen LogP contribution is -2.31. The van der Waals surface area contributed by atoms with Gasteiger partial charge < -0.3 is 0 Å². The van der Waals surface area contributed by atoms with Gasteiger partial charge in [-0.1, -0.05) is 26.0 Å². The Hall–Kier alpha value is -1.84. The molecule has 0 radical (unpaired) electrons. The van der Waals surface area contributed by atoms with E-state index in [4.69, 9.17) is 0 Å². The van der Waals surface area contributed by atoms with Gasteiger partial charge in [0.05, 0.1) is 10.9 Å². The van der Waals surface area contributed by atoms with Crippen LogP contribution in [0.25, 0.3) is 10.9 Å². The van der Waals surface area contributed by atoms with E-state index in [1.807, 2.05) is 19.9 Å². The minimum Gasteiger partial charge on any atom is -0.293 e. The van der Waals surface area contributed by atoms with Crippen LogP contribution in [0.1, 0.15) is 13.8 Å². The van der Waals surface area contributed by atoms with Crippen molar-refractivity contribution in [3.63, 3.8) is 0 Å². The highest BCUT2D eigenvalue weighted by molar-refractivity contribution is 5.77. The minimum atomic E-state index is -0.336. The summed E-state index contributed by atoms with van der Waals surface area (Å²) in [7, 11) is 0. The van der Waals surface area contributed by atoms with Crippen molar-refractivity contribution in [3.05, 3.63) is 45.1 Å². The number of benzene rings is 1. The average molecular weight is 218 g/mol. The van der Waals surface area contributed by atoms with Gasteiger partial charge >= 0.3 is 5.69 Å². The third-order valence-electron chi connectivity index (χ3n) is 2.45. The van der Waals surface area contributed by atoms with Gasteiger partial charge in [-0.15, -0.1) is 0 Å². The van der Waals surface area contributed by atoms with Crippen LogP contribution < -0.4 is 11.2 Å². The van der Waals surface area contributed by atoms with Crippen molar-refractivity contribution >= 4 is 10.9 Å². The monoisotopic (exact) mass is 218 g/mol. The van der Waals surface area contributed by atoms with Gasteiger partial charge in [0.25, 0.3) is 5.56 Å². The van der Waals surface area contributed by atoms with Gasteiger partial charge in [0.1, 0.15) is 0 Å². The highest BCUT2D eigenvalue weighted by Gasteiger charge is 2.07. The Balaban J connectivity index is 2.82. The van der Waals surface area contributed by atoms with Crippen LogP contribution in [0.15, 0.2) is 33.9 Å². The number of H-pyrrole nitrogens is 1. The number of fused-ring (bicyclic) bond motifs is 1. The zero-order valence-electron chi connectivity index (χ0n) is 9.36. The van der Waals surface area contributed by atoms with Crippen LogP contribution in [-0.2, 0) is 6.54 Å². The Morgan fingerprint density at radius 3 is 2.62 bits per heavy atom. The number of hydrogen-bond donors (Lipinski definition) is 1. The maximum Gasteiger partial charge on any atom is 0.328 e. The van der Waals surface area contributed by atoms with Crippen LogP contribution in [0, 0.1) is 5.92 Å². The first-order valence-corrected chi connectivity index (χ1v) is 5.31. The molecular weight excluding hydrogens is 204 g/mol. The Labute approximate surface area is 92.5 Å². The van der Waals surface area contributed by atoms with Gasteiger partial charge in [-0.3, -0.25) is 14.3 Å². The number of nitrogens with zero attached hydrogens (tertiary/aromatic N) is 1. The van der Waals surface area contributed by atoms with Crippen molar-refractivity contribution < 1.29 is 0 Å². The second-order valence-corrected chi connectivity index (χ2v) is 4.28. The van der Waals surface area contributed by atoms with Gasteiger partial charge in [-0.2, -0.15) is 0 Å². The fourth-order valence-corrected chi connectivity index (χ4v) is 1.79. The predicted molar refractivity (Wildman–Crippen MR) is 63.7 cm³/mol. The van der Waals surface area contributed by atoms with Gasteiger partial charge in [0.15, 0.2) is 0 Å². The van der Waals surface area contributed by atoms with Gasteiger partial charge in [-0.05, 0) is 18.1 Å². The summed E-state index contributed by atoms with van der Waals surface area (Å²) >= 11 is 0. The molecule has 0 atom stereocenters. The summed E-state index contributed by atoms with van der Waals surface area (Å²) in [6.45, 7) is 4.68. The molecule has 16 heavy (non-hydrogen) atoms. The molecular formula is C12H14N2O2. The van der Waals surface area contributed by atoms with E-state index in [2.05, 4.69) is 4.98 Å². The summed E-state index contributed by atoms with van der Waals surface area (Å²) in [6.07, 6.45) is 0. The highest BCUT2D eigenvalue weighted by atomic mass is 16.2. The number of para-hydroxylation sites is 1. The zero-order valence-corrected chi connectivity index (χ0v) is 9.36. The molecule has 0 fully saturated rings. The Morgan fingerprint density at radius 1 is 1.25 bits per heavy atom. The largest absolute Gasteiger partial charge is 0.328 e. The third-order valence-corrected chi connectivity index (χ3v) is 2.45. The maximum atomic E-state index is 11.7. The van der Waals surface area contributed by atoms with E-state index < -0.39 is 0 Å². The summed E-state index contributed by atoms with van der Waals surface area (Å²) in [4.78, 5) is 25.6. The lowest BCUT2D eigenvalue weighted by Gasteiger charge is -2.11. The topological polar surface area (TPSA) is 54.9 Å². The molecule has 0 amide bonds.